The fraction of sp³-hybridized carbons (Fsp3) is 0.389. The number of H-pyrrole nitrogens is 2. The number of benzene rings is 1. The number of aromatic amines is 2. The number of carbonyl (C=O) groups is 1. The van der Waals surface area contributed by atoms with Gasteiger partial charge in [0.2, 0.25) is 5.91 Å². The summed E-state index contributed by atoms with van der Waals surface area (Å²) < 4.78 is 0. The molecule has 1 aliphatic heterocycles. The Hall–Kier alpha value is -2.28. The predicted octanol–water partition coefficient (Wildman–Crippen LogP) is 3.09. The zero-order chi connectivity index (χ0) is 17.2. The standard InChI is InChI=1S/C18H21N5OS/c1-12-4-5-14-15(9-12)22-18(21-14)25-11-16(24)23-8-2-3-13(10-23)17-19-6-7-20-17/h4-7,9,13H,2-3,8,10-11H2,1H3,(H,19,20)(H,21,22). The molecule has 2 aromatic heterocycles. The number of thioether (sulfide) groups is 1. The molecule has 1 atom stereocenters. The first-order valence-corrected chi connectivity index (χ1v) is 9.54. The van der Waals surface area contributed by atoms with E-state index in [1.54, 1.807) is 6.20 Å². The largest absolute Gasteiger partial charge is 0.348 e. The van der Waals surface area contributed by atoms with Gasteiger partial charge in [-0.15, -0.1) is 0 Å². The predicted molar refractivity (Wildman–Crippen MR) is 98.7 cm³/mol. The van der Waals surface area contributed by atoms with Crippen LogP contribution >= 0.6 is 11.8 Å². The Morgan fingerprint density at radius 1 is 1.44 bits per heavy atom. The Balaban J connectivity index is 1.37. The van der Waals surface area contributed by atoms with Gasteiger partial charge in [-0.1, -0.05) is 17.8 Å². The fourth-order valence-corrected chi connectivity index (χ4v) is 4.11. The van der Waals surface area contributed by atoms with Gasteiger partial charge in [0, 0.05) is 31.4 Å². The van der Waals surface area contributed by atoms with E-state index < -0.39 is 0 Å². The third kappa shape index (κ3) is 3.56. The van der Waals surface area contributed by atoms with Crippen LogP contribution in [0.25, 0.3) is 11.0 Å². The van der Waals surface area contributed by atoms with Crippen LogP contribution in [-0.2, 0) is 4.79 Å². The molecular weight excluding hydrogens is 334 g/mol. The molecule has 1 unspecified atom stereocenters. The van der Waals surface area contributed by atoms with Crippen molar-refractivity contribution in [3.8, 4) is 0 Å². The van der Waals surface area contributed by atoms with Gasteiger partial charge in [0.1, 0.15) is 5.82 Å². The van der Waals surface area contributed by atoms with Crippen molar-refractivity contribution in [2.45, 2.75) is 30.8 Å². The van der Waals surface area contributed by atoms with E-state index in [-0.39, 0.29) is 5.91 Å². The first-order valence-electron chi connectivity index (χ1n) is 8.55. The van der Waals surface area contributed by atoms with Crippen molar-refractivity contribution >= 4 is 28.7 Å². The number of hydrogen-bond donors (Lipinski definition) is 2. The average molecular weight is 355 g/mol. The van der Waals surface area contributed by atoms with Crippen LogP contribution in [0.1, 0.15) is 30.1 Å². The van der Waals surface area contributed by atoms with E-state index in [2.05, 4.69) is 32.9 Å². The number of carbonyl (C=O) groups excluding carboxylic acids is 1. The number of rotatable bonds is 4. The van der Waals surface area contributed by atoms with Crippen LogP contribution in [0.3, 0.4) is 0 Å². The second-order valence-electron chi connectivity index (χ2n) is 6.50. The number of nitrogens with zero attached hydrogens (tertiary/aromatic N) is 3. The Morgan fingerprint density at radius 2 is 2.36 bits per heavy atom. The summed E-state index contributed by atoms with van der Waals surface area (Å²) in [5.74, 6) is 1.87. The van der Waals surface area contributed by atoms with Crippen LogP contribution in [0.2, 0.25) is 0 Å². The molecule has 1 saturated heterocycles. The highest BCUT2D eigenvalue weighted by molar-refractivity contribution is 7.99. The lowest BCUT2D eigenvalue weighted by Gasteiger charge is -2.31. The molecular formula is C18H21N5OS. The van der Waals surface area contributed by atoms with Crippen LogP contribution in [0, 0.1) is 6.92 Å². The van der Waals surface area contributed by atoms with Crippen molar-refractivity contribution in [3.63, 3.8) is 0 Å². The maximum absolute atomic E-state index is 12.6. The molecule has 130 valence electrons. The van der Waals surface area contributed by atoms with Crippen molar-refractivity contribution in [1.82, 2.24) is 24.8 Å². The molecule has 25 heavy (non-hydrogen) atoms. The van der Waals surface area contributed by atoms with Gasteiger partial charge in [-0.05, 0) is 37.5 Å². The third-order valence-corrected chi connectivity index (χ3v) is 5.49. The molecule has 0 aliphatic carbocycles. The molecule has 6 nitrogen and oxygen atoms in total. The van der Waals surface area contributed by atoms with E-state index in [4.69, 9.17) is 0 Å². The number of imidazole rings is 2. The van der Waals surface area contributed by atoms with Crippen molar-refractivity contribution in [2.75, 3.05) is 18.8 Å². The van der Waals surface area contributed by atoms with Gasteiger partial charge in [0.25, 0.3) is 0 Å². The summed E-state index contributed by atoms with van der Waals surface area (Å²) >= 11 is 1.47. The van der Waals surface area contributed by atoms with Gasteiger partial charge in [-0.25, -0.2) is 9.97 Å². The normalized spacial score (nSPS) is 18.0. The Kier molecular flexibility index (Phi) is 4.48. The Labute approximate surface area is 150 Å². The van der Waals surface area contributed by atoms with E-state index in [0.29, 0.717) is 11.7 Å². The molecule has 1 aromatic carbocycles. The number of likely N-dealkylation sites (tertiary alicyclic amines) is 1. The SMILES string of the molecule is Cc1ccc2nc(SCC(=O)N3CCCC(c4ncc[nH]4)C3)[nH]c2c1. The lowest BCUT2D eigenvalue weighted by atomic mass is 9.97. The Morgan fingerprint density at radius 3 is 3.20 bits per heavy atom. The number of piperidine rings is 1. The molecule has 3 aromatic rings. The molecule has 0 spiro atoms. The molecule has 1 aliphatic rings. The van der Waals surface area contributed by atoms with Crippen LogP contribution in [-0.4, -0.2) is 49.6 Å². The maximum Gasteiger partial charge on any atom is 0.233 e. The van der Waals surface area contributed by atoms with Gasteiger partial charge in [-0.2, -0.15) is 0 Å². The second-order valence-corrected chi connectivity index (χ2v) is 7.47. The number of nitrogens with one attached hydrogen (secondary N) is 2. The first-order chi connectivity index (χ1) is 12.2. The second kappa shape index (κ2) is 6.92. The smallest absolute Gasteiger partial charge is 0.233 e. The quantitative estimate of drug-likeness (QED) is 0.705. The van der Waals surface area contributed by atoms with E-state index >= 15 is 0 Å². The maximum atomic E-state index is 12.6. The van der Waals surface area contributed by atoms with Gasteiger partial charge in [0.05, 0.1) is 16.8 Å². The lowest BCUT2D eigenvalue weighted by Crippen LogP contribution is -2.40. The minimum atomic E-state index is 0.165. The van der Waals surface area contributed by atoms with E-state index in [1.807, 2.05) is 23.2 Å². The summed E-state index contributed by atoms with van der Waals surface area (Å²) in [4.78, 5) is 29.9. The van der Waals surface area contributed by atoms with E-state index in [9.17, 15) is 4.79 Å². The number of aryl methyl sites for hydroxylation is 1. The van der Waals surface area contributed by atoms with Gasteiger partial charge in [-0.3, -0.25) is 4.79 Å². The van der Waals surface area contributed by atoms with Crippen LogP contribution in [0.15, 0.2) is 35.7 Å². The summed E-state index contributed by atoms with van der Waals surface area (Å²) in [6.07, 6.45) is 5.71. The minimum Gasteiger partial charge on any atom is -0.348 e. The molecule has 0 radical (unpaired) electrons. The molecule has 1 amide bonds. The Bertz CT molecular complexity index is 873. The molecule has 1 fully saturated rings. The number of amides is 1. The zero-order valence-electron chi connectivity index (χ0n) is 14.2. The minimum absolute atomic E-state index is 0.165. The third-order valence-electron chi connectivity index (χ3n) is 4.63. The van der Waals surface area contributed by atoms with Crippen LogP contribution in [0.4, 0.5) is 0 Å². The summed E-state index contributed by atoms with van der Waals surface area (Å²) in [7, 11) is 0. The summed E-state index contributed by atoms with van der Waals surface area (Å²) in [5, 5.41) is 0.800. The molecule has 3 heterocycles. The van der Waals surface area contributed by atoms with Gasteiger partial charge >= 0.3 is 0 Å². The van der Waals surface area contributed by atoms with Crippen molar-refractivity contribution in [2.24, 2.45) is 0 Å². The molecule has 0 bridgehead atoms. The fourth-order valence-electron chi connectivity index (χ4n) is 3.32. The van der Waals surface area contributed by atoms with E-state index in [0.717, 1.165) is 47.9 Å². The highest BCUT2D eigenvalue weighted by Crippen LogP contribution is 2.26. The number of fused-ring (bicyclic) bond motifs is 1. The topological polar surface area (TPSA) is 77.7 Å². The first kappa shape index (κ1) is 16.2. The molecule has 0 saturated carbocycles. The van der Waals surface area contributed by atoms with Crippen LogP contribution in [0.5, 0.6) is 0 Å². The number of hydrogen-bond acceptors (Lipinski definition) is 4. The van der Waals surface area contributed by atoms with Crippen molar-refractivity contribution in [3.05, 3.63) is 42.0 Å². The van der Waals surface area contributed by atoms with E-state index in [1.165, 1.54) is 17.3 Å². The molecule has 7 heteroatoms. The monoisotopic (exact) mass is 355 g/mol. The highest BCUT2D eigenvalue weighted by Gasteiger charge is 2.26. The highest BCUT2D eigenvalue weighted by atomic mass is 32.2. The lowest BCUT2D eigenvalue weighted by molar-refractivity contribution is -0.129. The average Bonchev–Trinajstić information content (AvgIpc) is 3.29. The molecule has 4 rings (SSSR count). The summed E-state index contributed by atoms with van der Waals surface area (Å²) in [5.41, 5.74) is 3.16. The van der Waals surface area contributed by atoms with Crippen molar-refractivity contribution in [1.29, 1.82) is 0 Å². The summed E-state index contributed by atoms with van der Waals surface area (Å²) in [6.45, 7) is 3.63. The van der Waals surface area contributed by atoms with Crippen LogP contribution < -0.4 is 0 Å². The molecule has 2 N–H and O–H groups in total. The summed E-state index contributed by atoms with van der Waals surface area (Å²) in [6, 6.07) is 6.13. The zero-order valence-corrected chi connectivity index (χ0v) is 15.0. The van der Waals surface area contributed by atoms with Gasteiger partial charge < -0.3 is 14.9 Å². The van der Waals surface area contributed by atoms with Gasteiger partial charge in [0.15, 0.2) is 5.16 Å². The number of aromatic nitrogens is 4. The van der Waals surface area contributed by atoms with Crippen molar-refractivity contribution < 1.29 is 4.79 Å².